The van der Waals surface area contributed by atoms with Crippen LogP contribution in [0.2, 0.25) is 10.0 Å². The maximum atomic E-state index is 12.3. The lowest BCUT2D eigenvalue weighted by molar-refractivity contribution is -0.125. The number of nitrogens with one attached hydrogen (secondary N) is 2. The van der Waals surface area contributed by atoms with Gasteiger partial charge in [0.05, 0.1) is 17.7 Å². The largest absolute Gasteiger partial charge is 0.496 e. The normalized spacial score (nSPS) is 10.5. The Balaban J connectivity index is 1.58. The van der Waals surface area contributed by atoms with E-state index in [2.05, 4.69) is 10.9 Å². The van der Waals surface area contributed by atoms with Crippen molar-refractivity contribution in [2.45, 2.75) is 6.92 Å². The van der Waals surface area contributed by atoms with E-state index in [0.717, 1.165) is 0 Å². The summed E-state index contributed by atoms with van der Waals surface area (Å²) in [5, 5.41) is 1.34. The number of hydrazine groups is 1. The number of esters is 1. The molecule has 2 N–H and O–H groups in total. The highest BCUT2D eigenvalue weighted by molar-refractivity contribution is 6.35. The van der Waals surface area contributed by atoms with Gasteiger partial charge < -0.3 is 13.9 Å². The fourth-order valence-electron chi connectivity index (χ4n) is 2.69. The lowest BCUT2D eigenvalue weighted by Gasteiger charge is -2.10. The molecular weight excluding hydrogens is 435 g/mol. The van der Waals surface area contributed by atoms with Gasteiger partial charge in [-0.15, -0.1) is 0 Å². The second kappa shape index (κ2) is 9.06. The Kier molecular flexibility index (Phi) is 6.49. The second-order valence-corrected chi connectivity index (χ2v) is 6.94. The van der Waals surface area contributed by atoms with Gasteiger partial charge in [0.15, 0.2) is 12.2 Å². The van der Waals surface area contributed by atoms with Crippen LogP contribution in [-0.2, 0) is 9.53 Å². The zero-order chi connectivity index (χ0) is 21.8. The Morgan fingerprint density at radius 2 is 1.87 bits per heavy atom. The number of furan rings is 1. The summed E-state index contributed by atoms with van der Waals surface area (Å²) in [4.78, 5) is 36.4. The minimum atomic E-state index is -0.835. The first-order chi connectivity index (χ1) is 14.3. The topological polar surface area (TPSA) is 107 Å². The summed E-state index contributed by atoms with van der Waals surface area (Å²) in [6.07, 6.45) is 0. The molecule has 0 aliphatic heterocycles. The summed E-state index contributed by atoms with van der Waals surface area (Å²) >= 11 is 11.9. The average Bonchev–Trinajstić information content (AvgIpc) is 3.08. The van der Waals surface area contributed by atoms with Crippen LogP contribution in [0.1, 0.15) is 26.5 Å². The van der Waals surface area contributed by atoms with Crippen molar-refractivity contribution in [3.63, 3.8) is 0 Å². The molecule has 3 rings (SSSR count). The Labute approximate surface area is 181 Å². The molecule has 156 valence electrons. The molecule has 0 atom stereocenters. The summed E-state index contributed by atoms with van der Waals surface area (Å²) in [7, 11) is 1.39. The molecule has 0 saturated carbocycles. The number of methoxy groups -OCH3 is 1. The molecule has 0 aliphatic carbocycles. The summed E-state index contributed by atoms with van der Waals surface area (Å²) < 4.78 is 15.5. The first kappa shape index (κ1) is 21.5. The molecular formula is C20H16Cl2N2O6. The van der Waals surface area contributed by atoms with Crippen LogP contribution in [0.25, 0.3) is 11.0 Å². The third-order valence-corrected chi connectivity index (χ3v) is 4.69. The number of amides is 2. The van der Waals surface area contributed by atoms with E-state index in [9.17, 15) is 14.4 Å². The van der Waals surface area contributed by atoms with Crippen molar-refractivity contribution in [3.05, 3.63) is 63.3 Å². The molecule has 0 saturated heterocycles. The molecule has 30 heavy (non-hydrogen) atoms. The van der Waals surface area contributed by atoms with Crippen molar-refractivity contribution in [1.82, 2.24) is 10.9 Å². The first-order valence-corrected chi connectivity index (χ1v) is 9.35. The van der Waals surface area contributed by atoms with Crippen LogP contribution in [0.4, 0.5) is 0 Å². The predicted octanol–water partition coefficient (Wildman–Crippen LogP) is 3.67. The van der Waals surface area contributed by atoms with E-state index in [0.29, 0.717) is 26.6 Å². The van der Waals surface area contributed by atoms with Crippen LogP contribution in [-0.4, -0.2) is 31.5 Å². The third kappa shape index (κ3) is 4.50. The van der Waals surface area contributed by atoms with Gasteiger partial charge in [-0.3, -0.25) is 20.4 Å². The highest BCUT2D eigenvalue weighted by Gasteiger charge is 2.21. The van der Waals surface area contributed by atoms with E-state index < -0.39 is 24.4 Å². The van der Waals surface area contributed by atoms with Crippen LogP contribution >= 0.6 is 23.2 Å². The van der Waals surface area contributed by atoms with E-state index >= 15 is 0 Å². The number of carbonyl (C=O) groups excluding carboxylic acids is 3. The van der Waals surface area contributed by atoms with Crippen molar-refractivity contribution in [1.29, 1.82) is 0 Å². The number of aryl methyl sites for hydroxylation is 1. The molecule has 3 aromatic rings. The van der Waals surface area contributed by atoms with Crippen LogP contribution < -0.4 is 15.6 Å². The van der Waals surface area contributed by atoms with E-state index in [-0.39, 0.29) is 17.1 Å². The van der Waals surface area contributed by atoms with Gasteiger partial charge in [-0.25, -0.2) is 4.79 Å². The quantitative estimate of drug-likeness (QED) is 0.453. The number of ether oxygens (including phenoxy) is 2. The minimum Gasteiger partial charge on any atom is -0.496 e. The number of rotatable bonds is 5. The number of fused-ring (bicyclic) bond motifs is 1. The molecule has 2 amide bonds. The van der Waals surface area contributed by atoms with Gasteiger partial charge in [0.25, 0.3) is 11.8 Å². The fraction of sp³-hybridized carbons (Fsp3) is 0.150. The molecule has 10 heteroatoms. The second-order valence-electron chi connectivity index (χ2n) is 6.10. The van der Waals surface area contributed by atoms with Gasteiger partial charge in [0.2, 0.25) is 5.76 Å². The van der Waals surface area contributed by atoms with Crippen LogP contribution in [0, 0.1) is 6.92 Å². The van der Waals surface area contributed by atoms with E-state index in [4.69, 9.17) is 37.1 Å². The van der Waals surface area contributed by atoms with Gasteiger partial charge in [0, 0.05) is 16.0 Å². The number of halogens is 2. The van der Waals surface area contributed by atoms with Crippen molar-refractivity contribution in [2.75, 3.05) is 13.7 Å². The molecule has 8 nitrogen and oxygen atoms in total. The number of hydrogen-bond acceptors (Lipinski definition) is 6. The summed E-state index contributed by atoms with van der Waals surface area (Å²) in [6, 6.07) is 9.58. The SMILES string of the molecule is COc1ccc(Cl)cc1C(=O)NNC(=O)COC(=O)c1oc2c(Cl)cccc2c1C. The highest BCUT2D eigenvalue weighted by atomic mass is 35.5. The molecule has 0 spiro atoms. The molecule has 2 aromatic carbocycles. The zero-order valence-corrected chi connectivity index (χ0v) is 17.4. The lowest BCUT2D eigenvalue weighted by atomic mass is 10.1. The molecule has 1 aromatic heterocycles. The van der Waals surface area contributed by atoms with Crippen molar-refractivity contribution in [3.8, 4) is 5.75 Å². The van der Waals surface area contributed by atoms with Crippen molar-refractivity contribution in [2.24, 2.45) is 0 Å². The average molecular weight is 451 g/mol. The summed E-state index contributed by atoms with van der Waals surface area (Å²) in [5.41, 5.74) is 5.36. The van der Waals surface area contributed by atoms with Gasteiger partial charge >= 0.3 is 5.97 Å². The standard InChI is InChI=1S/C20H16Cl2N2O6/c1-10-12-4-3-5-14(22)18(12)30-17(10)20(27)29-9-16(25)23-24-19(26)13-8-11(21)6-7-15(13)28-2/h3-8H,9H2,1-2H3,(H,23,25)(H,24,26). The van der Waals surface area contributed by atoms with Gasteiger partial charge in [0.1, 0.15) is 5.75 Å². The first-order valence-electron chi connectivity index (χ1n) is 8.59. The smallest absolute Gasteiger partial charge is 0.375 e. The zero-order valence-electron chi connectivity index (χ0n) is 15.9. The van der Waals surface area contributed by atoms with Crippen molar-refractivity contribution < 1.29 is 28.3 Å². The molecule has 1 heterocycles. The Morgan fingerprint density at radius 1 is 1.10 bits per heavy atom. The Bertz CT molecular complexity index is 1140. The van der Waals surface area contributed by atoms with Crippen LogP contribution in [0.5, 0.6) is 5.75 Å². The van der Waals surface area contributed by atoms with Gasteiger partial charge in [-0.2, -0.15) is 0 Å². The van der Waals surface area contributed by atoms with E-state index in [1.807, 2.05) is 0 Å². The minimum absolute atomic E-state index is 0.0569. The number of para-hydroxylation sites is 1. The number of hydrogen-bond donors (Lipinski definition) is 2. The Morgan fingerprint density at radius 3 is 2.57 bits per heavy atom. The number of carbonyl (C=O) groups is 3. The van der Waals surface area contributed by atoms with Crippen LogP contribution in [0.15, 0.2) is 40.8 Å². The molecule has 0 unspecified atom stereocenters. The highest BCUT2D eigenvalue weighted by Crippen LogP contribution is 2.31. The third-order valence-electron chi connectivity index (χ3n) is 4.16. The maximum absolute atomic E-state index is 12.3. The van der Waals surface area contributed by atoms with E-state index in [1.54, 1.807) is 31.2 Å². The molecule has 0 aliphatic rings. The van der Waals surface area contributed by atoms with Gasteiger partial charge in [-0.1, -0.05) is 35.3 Å². The Hall–Kier alpha value is -3.23. The fourth-order valence-corrected chi connectivity index (χ4v) is 3.07. The lowest BCUT2D eigenvalue weighted by Crippen LogP contribution is -2.43. The maximum Gasteiger partial charge on any atom is 0.375 e. The summed E-state index contributed by atoms with van der Waals surface area (Å²) in [6.45, 7) is 1.04. The molecule has 0 radical (unpaired) electrons. The van der Waals surface area contributed by atoms with Gasteiger partial charge in [-0.05, 0) is 31.2 Å². The predicted molar refractivity (Wildman–Crippen MR) is 110 cm³/mol. The summed E-state index contributed by atoms with van der Waals surface area (Å²) in [5.74, 6) is -2.03. The van der Waals surface area contributed by atoms with Crippen LogP contribution in [0.3, 0.4) is 0 Å². The number of benzene rings is 2. The van der Waals surface area contributed by atoms with Crippen molar-refractivity contribution >= 4 is 52.0 Å². The monoisotopic (exact) mass is 450 g/mol. The molecule has 0 fully saturated rings. The molecule has 0 bridgehead atoms. The van der Waals surface area contributed by atoms with E-state index in [1.165, 1.54) is 19.2 Å².